The molecule has 0 saturated carbocycles. The summed E-state index contributed by atoms with van der Waals surface area (Å²) < 4.78 is 6.35. The lowest BCUT2D eigenvalue weighted by Crippen LogP contribution is -2.44. The first-order chi connectivity index (χ1) is 10.8. The summed E-state index contributed by atoms with van der Waals surface area (Å²) in [6.45, 7) is 2.60. The smallest absolute Gasteiger partial charge is 0.224 e. The van der Waals surface area contributed by atoms with Gasteiger partial charge in [0.05, 0.1) is 12.5 Å². The van der Waals surface area contributed by atoms with Gasteiger partial charge in [0.2, 0.25) is 5.91 Å². The van der Waals surface area contributed by atoms with Crippen LogP contribution in [0.3, 0.4) is 0 Å². The van der Waals surface area contributed by atoms with E-state index >= 15 is 0 Å². The Hall–Kier alpha value is -2.29. The number of piperidine rings is 1. The van der Waals surface area contributed by atoms with Gasteiger partial charge in [0, 0.05) is 26.7 Å². The summed E-state index contributed by atoms with van der Waals surface area (Å²) in [5, 5.41) is 18.5. The number of anilines is 1. The first-order valence-corrected chi connectivity index (χ1v) is 7.35. The molecule has 0 aromatic carbocycles. The number of hydrogen-bond donors (Lipinski definition) is 1. The van der Waals surface area contributed by atoms with Gasteiger partial charge in [-0.3, -0.25) is 4.79 Å². The van der Waals surface area contributed by atoms with E-state index in [1.54, 1.807) is 7.11 Å². The van der Waals surface area contributed by atoms with Crippen molar-refractivity contribution in [1.29, 1.82) is 0 Å². The highest BCUT2D eigenvalue weighted by Gasteiger charge is 2.26. The topological polar surface area (TPSA) is 97.5 Å². The van der Waals surface area contributed by atoms with Gasteiger partial charge in [-0.25, -0.2) is 0 Å². The summed E-state index contributed by atoms with van der Waals surface area (Å²) in [5.74, 6) is 0.830. The van der Waals surface area contributed by atoms with Gasteiger partial charge in [-0.05, 0) is 35.4 Å². The zero-order valence-electron chi connectivity index (χ0n) is 12.5. The molecule has 1 aliphatic heterocycles. The van der Waals surface area contributed by atoms with Gasteiger partial charge >= 0.3 is 0 Å². The molecule has 0 bridgehead atoms. The number of carbonyl (C=O) groups is 1. The minimum atomic E-state index is -0.0306. The molecule has 3 rings (SSSR count). The number of methoxy groups -OCH3 is 1. The van der Waals surface area contributed by atoms with Crippen LogP contribution in [0.4, 0.5) is 5.82 Å². The van der Waals surface area contributed by atoms with Gasteiger partial charge < -0.3 is 15.0 Å². The molecule has 2 aromatic rings. The molecule has 0 aliphatic carbocycles. The van der Waals surface area contributed by atoms with E-state index in [0.29, 0.717) is 25.3 Å². The predicted octanol–water partition coefficient (Wildman–Crippen LogP) is -0.502. The molecule has 3 heterocycles. The zero-order valence-corrected chi connectivity index (χ0v) is 12.5. The maximum Gasteiger partial charge on any atom is 0.224 e. The van der Waals surface area contributed by atoms with Crippen LogP contribution < -0.4 is 10.2 Å². The second kappa shape index (κ2) is 6.65. The fourth-order valence-electron chi connectivity index (χ4n) is 2.63. The average Bonchev–Trinajstić information content (AvgIpc) is 3.02. The SMILES string of the molecule is COCCNC(=O)C1CCCN(c2ccc3nnnn3n2)C1. The summed E-state index contributed by atoms with van der Waals surface area (Å²) in [6, 6.07) is 3.71. The maximum atomic E-state index is 12.2. The van der Waals surface area contributed by atoms with Gasteiger partial charge in [0.1, 0.15) is 0 Å². The van der Waals surface area contributed by atoms with Gasteiger partial charge in [-0.15, -0.1) is 14.8 Å². The van der Waals surface area contributed by atoms with Crippen LogP contribution in [0.25, 0.3) is 5.65 Å². The van der Waals surface area contributed by atoms with Crippen molar-refractivity contribution in [3.05, 3.63) is 12.1 Å². The molecule has 9 heteroatoms. The molecular formula is C13H19N7O2. The van der Waals surface area contributed by atoms with E-state index in [0.717, 1.165) is 25.2 Å². The Labute approximate surface area is 127 Å². The standard InChI is InChI=1S/C13H19N7O2/c1-22-8-6-14-13(21)10-3-2-7-19(9-10)12-5-4-11-15-17-18-20(11)16-12/h4-5,10H,2-3,6-9H2,1H3,(H,14,21). The van der Waals surface area contributed by atoms with Gasteiger partial charge in [-0.2, -0.15) is 0 Å². The number of hydrogen-bond acceptors (Lipinski definition) is 7. The third-order valence-electron chi connectivity index (χ3n) is 3.78. The van der Waals surface area contributed by atoms with E-state index in [1.165, 1.54) is 4.63 Å². The minimum Gasteiger partial charge on any atom is -0.383 e. The third-order valence-corrected chi connectivity index (χ3v) is 3.78. The van der Waals surface area contributed by atoms with Crippen LogP contribution in [-0.4, -0.2) is 64.5 Å². The van der Waals surface area contributed by atoms with Crippen LogP contribution in [0.5, 0.6) is 0 Å². The van der Waals surface area contributed by atoms with Crippen LogP contribution in [0.2, 0.25) is 0 Å². The number of carbonyl (C=O) groups excluding carboxylic acids is 1. The summed E-state index contributed by atoms with van der Waals surface area (Å²) in [6.07, 6.45) is 1.85. The minimum absolute atomic E-state index is 0.0306. The van der Waals surface area contributed by atoms with Gasteiger partial charge in [0.15, 0.2) is 11.5 Å². The largest absolute Gasteiger partial charge is 0.383 e. The molecule has 0 spiro atoms. The van der Waals surface area contributed by atoms with Crippen molar-refractivity contribution in [2.45, 2.75) is 12.8 Å². The number of fused-ring (bicyclic) bond motifs is 1. The van der Waals surface area contributed by atoms with E-state index in [-0.39, 0.29) is 11.8 Å². The molecule has 1 fully saturated rings. The van der Waals surface area contributed by atoms with E-state index in [4.69, 9.17) is 4.74 Å². The number of nitrogens with zero attached hydrogens (tertiary/aromatic N) is 6. The van der Waals surface area contributed by atoms with Crippen LogP contribution >= 0.6 is 0 Å². The lowest BCUT2D eigenvalue weighted by molar-refractivity contribution is -0.125. The van der Waals surface area contributed by atoms with Crippen molar-refractivity contribution >= 4 is 17.4 Å². The van der Waals surface area contributed by atoms with Crippen LogP contribution in [0.15, 0.2) is 12.1 Å². The Morgan fingerprint density at radius 2 is 2.41 bits per heavy atom. The van der Waals surface area contributed by atoms with Crippen molar-refractivity contribution in [3.8, 4) is 0 Å². The zero-order chi connectivity index (χ0) is 15.4. The number of ether oxygens (including phenoxy) is 1. The van der Waals surface area contributed by atoms with E-state index in [2.05, 4.69) is 30.8 Å². The number of amides is 1. The molecule has 1 atom stereocenters. The molecule has 1 saturated heterocycles. The Morgan fingerprint density at radius 1 is 1.50 bits per heavy atom. The quantitative estimate of drug-likeness (QED) is 0.744. The molecule has 1 N–H and O–H groups in total. The number of nitrogens with one attached hydrogen (secondary N) is 1. The van der Waals surface area contributed by atoms with Crippen molar-refractivity contribution in [2.24, 2.45) is 5.92 Å². The highest BCUT2D eigenvalue weighted by molar-refractivity contribution is 5.79. The summed E-state index contributed by atoms with van der Waals surface area (Å²) in [4.78, 5) is 14.3. The fourth-order valence-corrected chi connectivity index (χ4v) is 2.63. The van der Waals surface area contributed by atoms with Gasteiger partial charge in [-0.1, -0.05) is 0 Å². The molecule has 1 aliphatic rings. The normalized spacial score (nSPS) is 18.6. The first-order valence-electron chi connectivity index (χ1n) is 7.35. The number of tetrazole rings is 1. The van der Waals surface area contributed by atoms with Crippen molar-refractivity contribution in [2.75, 3.05) is 38.3 Å². The second-order valence-electron chi connectivity index (χ2n) is 5.29. The van der Waals surface area contributed by atoms with E-state index < -0.39 is 0 Å². The molecule has 22 heavy (non-hydrogen) atoms. The highest BCUT2D eigenvalue weighted by atomic mass is 16.5. The van der Waals surface area contributed by atoms with Crippen molar-refractivity contribution in [3.63, 3.8) is 0 Å². The molecule has 0 radical (unpaired) electrons. The predicted molar refractivity (Wildman–Crippen MR) is 78.4 cm³/mol. The van der Waals surface area contributed by atoms with Crippen LogP contribution in [0.1, 0.15) is 12.8 Å². The van der Waals surface area contributed by atoms with Crippen LogP contribution in [0, 0.1) is 5.92 Å². The third kappa shape index (κ3) is 3.14. The molecule has 1 unspecified atom stereocenters. The monoisotopic (exact) mass is 305 g/mol. The lowest BCUT2D eigenvalue weighted by Gasteiger charge is -2.32. The highest BCUT2D eigenvalue weighted by Crippen LogP contribution is 2.21. The van der Waals surface area contributed by atoms with Crippen molar-refractivity contribution in [1.82, 2.24) is 30.6 Å². The number of aromatic nitrogens is 5. The molecule has 118 valence electrons. The molecular weight excluding hydrogens is 286 g/mol. The first kappa shape index (κ1) is 14.6. The molecule has 1 amide bonds. The Kier molecular flexibility index (Phi) is 4.42. The fraction of sp³-hybridized carbons (Fsp3) is 0.615. The van der Waals surface area contributed by atoms with Gasteiger partial charge in [0.25, 0.3) is 0 Å². The molecule has 9 nitrogen and oxygen atoms in total. The van der Waals surface area contributed by atoms with E-state index in [1.807, 2.05) is 12.1 Å². The van der Waals surface area contributed by atoms with Crippen molar-refractivity contribution < 1.29 is 9.53 Å². The van der Waals surface area contributed by atoms with Crippen LogP contribution in [-0.2, 0) is 9.53 Å². The number of rotatable bonds is 5. The average molecular weight is 305 g/mol. The summed E-state index contributed by atoms with van der Waals surface area (Å²) in [7, 11) is 1.62. The van der Waals surface area contributed by atoms with E-state index in [9.17, 15) is 4.79 Å². The second-order valence-corrected chi connectivity index (χ2v) is 5.29. The summed E-state index contributed by atoms with van der Waals surface area (Å²) in [5.41, 5.74) is 0.606. The Morgan fingerprint density at radius 3 is 3.27 bits per heavy atom. The molecule has 2 aromatic heterocycles. The lowest BCUT2D eigenvalue weighted by atomic mass is 9.97. The Bertz CT molecular complexity index is 644. The summed E-state index contributed by atoms with van der Waals surface area (Å²) >= 11 is 0. The Balaban J connectivity index is 1.65. The maximum absolute atomic E-state index is 12.2.